The van der Waals surface area contributed by atoms with E-state index < -0.39 is 15.9 Å². The molecule has 1 aliphatic rings. The van der Waals surface area contributed by atoms with Crippen LogP contribution in [0.4, 0.5) is 0 Å². The normalized spacial score (nSPS) is 15.2. The molecular weight excluding hydrogens is 410 g/mol. The van der Waals surface area contributed by atoms with E-state index in [2.05, 4.69) is 5.10 Å². The van der Waals surface area contributed by atoms with Crippen molar-refractivity contribution in [3.63, 3.8) is 0 Å². The van der Waals surface area contributed by atoms with Crippen LogP contribution >= 0.6 is 0 Å². The summed E-state index contributed by atoms with van der Waals surface area (Å²) in [5.41, 5.74) is 0.877. The van der Waals surface area contributed by atoms with Crippen molar-refractivity contribution in [2.24, 2.45) is 0 Å². The number of hydrogen-bond acceptors (Lipinski definition) is 7. The van der Waals surface area contributed by atoms with Crippen molar-refractivity contribution in [2.45, 2.75) is 32.6 Å². The molecule has 0 bridgehead atoms. The fourth-order valence-electron chi connectivity index (χ4n) is 3.42. The maximum Gasteiger partial charge on any atom is 0.278 e. The molecule has 9 nitrogen and oxygen atoms in total. The molecule has 0 spiro atoms. The lowest BCUT2D eigenvalue weighted by atomic mass is 10.2. The van der Waals surface area contributed by atoms with E-state index in [9.17, 15) is 13.2 Å². The molecule has 0 radical (unpaired) electrons. The molecule has 0 aliphatic carbocycles. The minimum atomic E-state index is -3.78. The highest BCUT2D eigenvalue weighted by Crippen LogP contribution is 2.30. The van der Waals surface area contributed by atoms with Crippen LogP contribution in [0, 0.1) is 13.8 Å². The molecule has 1 aromatic carbocycles. The molecule has 2 aromatic rings. The third-order valence-corrected chi connectivity index (χ3v) is 6.93. The molecule has 0 saturated carbocycles. The van der Waals surface area contributed by atoms with Crippen LogP contribution in [0.25, 0.3) is 0 Å². The zero-order chi connectivity index (χ0) is 21.9. The Morgan fingerprint density at radius 3 is 2.37 bits per heavy atom. The van der Waals surface area contributed by atoms with Crippen LogP contribution in [0.15, 0.2) is 23.1 Å². The summed E-state index contributed by atoms with van der Waals surface area (Å²) in [7, 11) is -3.78. The summed E-state index contributed by atoms with van der Waals surface area (Å²) in [5, 5.41) is 4.24. The first kappa shape index (κ1) is 22.3. The molecular formula is C20H27N3O6S. The van der Waals surface area contributed by atoms with Crippen LogP contribution < -0.4 is 9.47 Å². The highest BCUT2D eigenvalue weighted by Gasteiger charge is 2.33. The number of carbonyl (C=O) groups is 1. The number of hydrogen-bond donors (Lipinski definition) is 0. The first-order chi connectivity index (χ1) is 14.3. The summed E-state index contributed by atoms with van der Waals surface area (Å²) < 4.78 is 45.1. The van der Waals surface area contributed by atoms with Gasteiger partial charge in [0.25, 0.3) is 5.91 Å². The van der Waals surface area contributed by atoms with Gasteiger partial charge in [0.1, 0.15) is 4.90 Å². The van der Waals surface area contributed by atoms with Crippen LogP contribution in [0.5, 0.6) is 11.5 Å². The van der Waals surface area contributed by atoms with E-state index in [1.54, 1.807) is 32.0 Å². The zero-order valence-electron chi connectivity index (χ0n) is 17.7. The molecule has 2 heterocycles. The Balaban J connectivity index is 1.98. The van der Waals surface area contributed by atoms with E-state index in [0.29, 0.717) is 43.5 Å². The molecule has 30 heavy (non-hydrogen) atoms. The van der Waals surface area contributed by atoms with Crippen molar-refractivity contribution in [1.82, 2.24) is 14.1 Å². The maximum atomic E-state index is 13.1. The number of morpholine rings is 1. The van der Waals surface area contributed by atoms with Gasteiger partial charge in [-0.15, -0.1) is 0 Å². The molecule has 10 heteroatoms. The Bertz CT molecular complexity index is 1030. The number of sulfonamides is 1. The Labute approximate surface area is 176 Å². The Kier molecular flexibility index (Phi) is 6.79. The van der Waals surface area contributed by atoms with Gasteiger partial charge in [-0.05, 0) is 45.9 Å². The Morgan fingerprint density at radius 1 is 1.10 bits per heavy atom. The second-order valence-electron chi connectivity index (χ2n) is 6.76. The summed E-state index contributed by atoms with van der Waals surface area (Å²) in [6, 6.07) is 4.87. The molecule has 1 fully saturated rings. The number of aromatic nitrogens is 2. The fraction of sp³-hybridized carbons (Fsp3) is 0.500. The topological polar surface area (TPSA) is 100.0 Å². The molecule has 1 aliphatic heterocycles. The van der Waals surface area contributed by atoms with Crippen molar-refractivity contribution in [3.05, 3.63) is 35.2 Å². The van der Waals surface area contributed by atoms with E-state index in [-0.39, 0.29) is 29.4 Å². The summed E-state index contributed by atoms with van der Waals surface area (Å²) in [6.07, 6.45) is 0. The number of benzene rings is 1. The third-order valence-electron chi connectivity index (χ3n) is 4.78. The fourth-order valence-corrected chi connectivity index (χ4v) is 5.18. The van der Waals surface area contributed by atoms with Gasteiger partial charge in [-0.1, -0.05) is 0 Å². The molecule has 1 saturated heterocycles. The lowest BCUT2D eigenvalue weighted by Gasteiger charge is -2.26. The number of carbonyl (C=O) groups excluding carboxylic acids is 1. The molecule has 0 N–H and O–H groups in total. The van der Waals surface area contributed by atoms with Gasteiger partial charge in [-0.3, -0.25) is 4.79 Å². The van der Waals surface area contributed by atoms with E-state index in [4.69, 9.17) is 14.2 Å². The van der Waals surface area contributed by atoms with Gasteiger partial charge in [0, 0.05) is 18.7 Å². The Morgan fingerprint density at radius 2 is 1.73 bits per heavy atom. The second-order valence-corrected chi connectivity index (χ2v) is 8.64. The largest absolute Gasteiger partial charge is 0.490 e. The summed E-state index contributed by atoms with van der Waals surface area (Å²) in [4.78, 5) is 13.2. The predicted molar refractivity (Wildman–Crippen MR) is 110 cm³/mol. The van der Waals surface area contributed by atoms with Crippen molar-refractivity contribution < 1.29 is 27.4 Å². The average molecular weight is 438 g/mol. The SMILES string of the molecule is CCOc1ccc(C(=O)n2nc(C)c(S(=O)(=O)N3CCOCC3)c2C)cc1OCC. The van der Waals surface area contributed by atoms with Gasteiger partial charge in [0.15, 0.2) is 11.5 Å². The first-order valence-electron chi connectivity index (χ1n) is 9.89. The lowest BCUT2D eigenvalue weighted by Crippen LogP contribution is -2.41. The van der Waals surface area contributed by atoms with Crippen molar-refractivity contribution in [1.29, 1.82) is 0 Å². The van der Waals surface area contributed by atoms with Crippen molar-refractivity contribution in [3.8, 4) is 11.5 Å². The first-order valence-corrected chi connectivity index (χ1v) is 11.3. The lowest BCUT2D eigenvalue weighted by molar-refractivity contribution is 0.0730. The van der Waals surface area contributed by atoms with Gasteiger partial charge >= 0.3 is 0 Å². The smallest absolute Gasteiger partial charge is 0.278 e. The molecule has 0 atom stereocenters. The van der Waals surface area contributed by atoms with Crippen LogP contribution in [0.2, 0.25) is 0 Å². The van der Waals surface area contributed by atoms with Gasteiger partial charge in [-0.2, -0.15) is 14.1 Å². The van der Waals surface area contributed by atoms with Gasteiger partial charge < -0.3 is 14.2 Å². The third kappa shape index (κ3) is 4.21. The average Bonchev–Trinajstić information content (AvgIpc) is 3.04. The summed E-state index contributed by atoms with van der Waals surface area (Å²) in [5.74, 6) is 0.552. The number of aryl methyl sites for hydroxylation is 1. The van der Waals surface area contributed by atoms with Crippen LogP contribution in [0.1, 0.15) is 35.6 Å². The minimum absolute atomic E-state index is 0.0636. The maximum absolute atomic E-state index is 13.1. The highest BCUT2D eigenvalue weighted by molar-refractivity contribution is 7.89. The monoisotopic (exact) mass is 437 g/mol. The zero-order valence-corrected chi connectivity index (χ0v) is 18.5. The molecule has 0 amide bonds. The van der Waals surface area contributed by atoms with Gasteiger partial charge in [0.05, 0.1) is 37.8 Å². The van der Waals surface area contributed by atoms with Crippen molar-refractivity contribution >= 4 is 15.9 Å². The van der Waals surface area contributed by atoms with Gasteiger partial charge in [0.2, 0.25) is 10.0 Å². The van der Waals surface area contributed by atoms with E-state index >= 15 is 0 Å². The predicted octanol–water partition coefficient (Wildman–Crippen LogP) is 2.01. The van der Waals surface area contributed by atoms with E-state index in [1.165, 1.54) is 4.31 Å². The molecule has 0 unspecified atom stereocenters. The summed E-state index contributed by atoms with van der Waals surface area (Å²) >= 11 is 0. The minimum Gasteiger partial charge on any atom is -0.490 e. The number of ether oxygens (including phenoxy) is 3. The van der Waals surface area contributed by atoms with Crippen LogP contribution in [0.3, 0.4) is 0 Å². The number of rotatable bonds is 7. The Hall–Kier alpha value is -2.43. The van der Waals surface area contributed by atoms with Crippen LogP contribution in [-0.4, -0.2) is 67.9 Å². The molecule has 1 aromatic heterocycles. The van der Waals surface area contributed by atoms with E-state index in [1.807, 2.05) is 13.8 Å². The van der Waals surface area contributed by atoms with Gasteiger partial charge in [-0.25, -0.2) is 8.42 Å². The summed E-state index contributed by atoms with van der Waals surface area (Å²) in [6.45, 7) is 9.00. The quantitative estimate of drug-likeness (QED) is 0.653. The molecule has 3 rings (SSSR count). The highest BCUT2D eigenvalue weighted by atomic mass is 32.2. The van der Waals surface area contributed by atoms with E-state index in [0.717, 1.165) is 4.68 Å². The van der Waals surface area contributed by atoms with Crippen LogP contribution in [-0.2, 0) is 14.8 Å². The second kappa shape index (κ2) is 9.15. The number of nitrogens with zero attached hydrogens (tertiary/aromatic N) is 3. The standard InChI is InChI=1S/C20H27N3O6S/c1-5-28-17-8-7-16(13-18(17)29-6-2)20(24)23-15(4)19(14(3)21-23)30(25,26)22-9-11-27-12-10-22/h7-8,13H,5-6,9-12H2,1-4H3. The molecule has 164 valence electrons. The van der Waals surface area contributed by atoms with Crippen molar-refractivity contribution in [2.75, 3.05) is 39.5 Å².